The third-order valence-electron chi connectivity index (χ3n) is 7.96. The Morgan fingerprint density at radius 1 is 0.907 bits per heavy atom. The van der Waals surface area contributed by atoms with Crippen LogP contribution in [0.15, 0.2) is 78.9 Å². The zero-order valence-electron chi connectivity index (χ0n) is 24.5. The lowest BCUT2D eigenvalue weighted by Crippen LogP contribution is -2.52. The summed E-state index contributed by atoms with van der Waals surface area (Å²) in [5, 5.41) is 3.21. The fourth-order valence-electron chi connectivity index (χ4n) is 5.75. The Bertz CT molecular complexity index is 1490. The maximum atomic E-state index is 14.0. The number of rotatable bonds is 13. The highest BCUT2D eigenvalue weighted by Gasteiger charge is 2.32. The van der Waals surface area contributed by atoms with Crippen molar-refractivity contribution in [2.45, 2.75) is 63.6 Å². The van der Waals surface area contributed by atoms with Gasteiger partial charge in [0, 0.05) is 38.0 Å². The van der Waals surface area contributed by atoms with E-state index in [4.69, 9.17) is 9.47 Å². The molecule has 10 heteroatoms. The Hall–Kier alpha value is -4.05. The molecule has 2 amide bonds. The summed E-state index contributed by atoms with van der Waals surface area (Å²) in [7, 11) is -3.64. The first kappa shape index (κ1) is 30.4. The highest BCUT2D eigenvalue weighted by molar-refractivity contribution is 7.92. The number of benzene rings is 3. The van der Waals surface area contributed by atoms with Gasteiger partial charge in [-0.2, -0.15) is 0 Å². The first-order valence-electron chi connectivity index (χ1n) is 14.8. The largest absolute Gasteiger partial charge is 0.454 e. The zero-order valence-corrected chi connectivity index (χ0v) is 25.3. The lowest BCUT2D eigenvalue weighted by molar-refractivity contribution is -0.141. The minimum atomic E-state index is -3.64. The Balaban J connectivity index is 1.36. The molecule has 1 atom stereocenters. The second kappa shape index (κ2) is 13.9. The fourth-order valence-corrected chi connectivity index (χ4v) is 6.70. The standard InChI is InChI=1S/C33H39N3O6S/c1-43(39,40)36(28-18-19-30-31(22-28)42-24-41-30)20-10-17-32(37)35(23-26-13-6-3-7-14-26)29(21-25-11-4-2-5-12-25)33(38)34-27-15-8-9-16-27/h2-7,11-14,18-19,22,27,29H,8-10,15-17,20-21,23-24H2,1H3,(H,34,38)/t29-/m0/s1. The highest BCUT2D eigenvalue weighted by Crippen LogP contribution is 2.36. The van der Waals surface area contributed by atoms with Crippen LogP contribution in [0.5, 0.6) is 11.5 Å². The number of carbonyl (C=O) groups is 2. The van der Waals surface area contributed by atoms with Crippen LogP contribution in [-0.4, -0.2) is 56.8 Å². The molecule has 43 heavy (non-hydrogen) atoms. The Morgan fingerprint density at radius 3 is 2.23 bits per heavy atom. The van der Waals surface area contributed by atoms with Crippen molar-refractivity contribution in [3.8, 4) is 11.5 Å². The number of fused-ring (bicyclic) bond motifs is 1. The number of nitrogens with zero attached hydrogens (tertiary/aromatic N) is 2. The quantitative estimate of drug-likeness (QED) is 0.304. The molecule has 0 saturated heterocycles. The molecule has 1 N–H and O–H groups in total. The van der Waals surface area contributed by atoms with E-state index in [1.807, 2.05) is 60.7 Å². The maximum absolute atomic E-state index is 14.0. The summed E-state index contributed by atoms with van der Waals surface area (Å²) in [6.07, 6.45) is 5.92. The van der Waals surface area contributed by atoms with Gasteiger partial charge in [-0.3, -0.25) is 13.9 Å². The Kier molecular flexibility index (Phi) is 9.86. The molecule has 1 aliphatic heterocycles. The molecule has 1 aliphatic carbocycles. The number of carbonyl (C=O) groups excluding carboxylic acids is 2. The van der Waals surface area contributed by atoms with Crippen LogP contribution < -0.4 is 19.1 Å². The lowest BCUT2D eigenvalue weighted by Gasteiger charge is -2.33. The van der Waals surface area contributed by atoms with E-state index in [9.17, 15) is 18.0 Å². The SMILES string of the molecule is CS(=O)(=O)N(CCCC(=O)N(Cc1ccccc1)[C@@H](Cc1ccccc1)C(=O)NC1CCCC1)c1ccc2c(c1)OCO2. The van der Waals surface area contributed by atoms with Gasteiger partial charge in [-0.05, 0) is 42.5 Å². The predicted molar refractivity (Wildman–Crippen MR) is 165 cm³/mol. The van der Waals surface area contributed by atoms with Crippen molar-refractivity contribution in [3.63, 3.8) is 0 Å². The minimum Gasteiger partial charge on any atom is -0.454 e. The fraction of sp³-hybridized carbons (Fsp3) is 0.394. The molecular formula is C33H39N3O6S. The van der Waals surface area contributed by atoms with Crippen molar-refractivity contribution < 1.29 is 27.5 Å². The van der Waals surface area contributed by atoms with Crippen molar-refractivity contribution >= 4 is 27.5 Å². The van der Waals surface area contributed by atoms with Gasteiger partial charge >= 0.3 is 0 Å². The van der Waals surface area contributed by atoms with E-state index >= 15 is 0 Å². The van der Waals surface area contributed by atoms with Crippen molar-refractivity contribution in [2.75, 3.05) is 23.9 Å². The average Bonchev–Trinajstić information content (AvgIpc) is 3.69. The number of nitrogens with one attached hydrogen (secondary N) is 1. The summed E-state index contributed by atoms with van der Waals surface area (Å²) in [4.78, 5) is 29.5. The molecule has 9 nitrogen and oxygen atoms in total. The first-order chi connectivity index (χ1) is 20.8. The molecule has 0 unspecified atom stereocenters. The smallest absolute Gasteiger partial charge is 0.243 e. The van der Waals surface area contributed by atoms with Crippen LogP contribution in [0, 0.1) is 0 Å². The van der Waals surface area contributed by atoms with Crippen LogP contribution in [0.1, 0.15) is 49.7 Å². The van der Waals surface area contributed by atoms with E-state index in [1.165, 1.54) is 4.31 Å². The van der Waals surface area contributed by atoms with Gasteiger partial charge in [0.1, 0.15) is 6.04 Å². The number of amides is 2. The minimum absolute atomic E-state index is 0.0748. The maximum Gasteiger partial charge on any atom is 0.243 e. The van der Waals surface area contributed by atoms with Crippen LogP contribution in [0.25, 0.3) is 0 Å². The summed E-state index contributed by atoms with van der Waals surface area (Å²) in [6, 6.07) is 23.7. The molecule has 0 radical (unpaired) electrons. The molecule has 1 saturated carbocycles. The highest BCUT2D eigenvalue weighted by atomic mass is 32.2. The van der Waals surface area contributed by atoms with Gasteiger partial charge in [-0.1, -0.05) is 73.5 Å². The Labute approximate surface area is 253 Å². The van der Waals surface area contributed by atoms with Gasteiger partial charge in [0.2, 0.25) is 28.6 Å². The van der Waals surface area contributed by atoms with E-state index in [0.29, 0.717) is 23.6 Å². The molecule has 1 heterocycles. The van der Waals surface area contributed by atoms with Crippen molar-refractivity contribution in [2.24, 2.45) is 0 Å². The summed E-state index contributed by atoms with van der Waals surface area (Å²) in [5.41, 5.74) is 2.32. The van der Waals surface area contributed by atoms with Gasteiger partial charge in [0.15, 0.2) is 11.5 Å². The van der Waals surface area contributed by atoms with E-state index < -0.39 is 16.1 Å². The normalized spacial score (nSPS) is 15.2. The molecule has 1 fully saturated rings. The molecule has 0 bridgehead atoms. The molecule has 0 spiro atoms. The number of anilines is 1. The molecular weight excluding hydrogens is 566 g/mol. The van der Waals surface area contributed by atoms with Crippen LogP contribution in [0.4, 0.5) is 5.69 Å². The van der Waals surface area contributed by atoms with E-state index in [0.717, 1.165) is 43.1 Å². The molecule has 3 aromatic carbocycles. The summed E-state index contributed by atoms with van der Waals surface area (Å²) in [6.45, 7) is 0.454. The number of hydrogen-bond acceptors (Lipinski definition) is 6. The molecule has 228 valence electrons. The Morgan fingerprint density at radius 2 is 1.56 bits per heavy atom. The van der Waals surface area contributed by atoms with Gasteiger partial charge < -0.3 is 19.7 Å². The van der Waals surface area contributed by atoms with Gasteiger partial charge in [-0.15, -0.1) is 0 Å². The lowest BCUT2D eigenvalue weighted by atomic mass is 10.0. The summed E-state index contributed by atoms with van der Waals surface area (Å²) < 4.78 is 37.6. The van der Waals surface area contributed by atoms with Gasteiger partial charge in [0.05, 0.1) is 11.9 Å². The van der Waals surface area contributed by atoms with Crippen LogP contribution in [0.3, 0.4) is 0 Å². The van der Waals surface area contributed by atoms with Crippen molar-refractivity contribution in [3.05, 3.63) is 90.0 Å². The second-order valence-electron chi connectivity index (χ2n) is 11.2. The first-order valence-corrected chi connectivity index (χ1v) is 16.7. The topological polar surface area (TPSA) is 105 Å². The average molecular weight is 606 g/mol. The van der Waals surface area contributed by atoms with Crippen molar-refractivity contribution in [1.29, 1.82) is 0 Å². The molecule has 2 aliphatic rings. The molecule has 5 rings (SSSR count). The summed E-state index contributed by atoms with van der Waals surface area (Å²) in [5.74, 6) is 0.682. The number of sulfonamides is 1. The molecule has 0 aromatic heterocycles. The zero-order chi connectivity index (χ0) is 30.2. The number of ether oxygens (including phenoxy) is 2. The van der Waals surface area contributed by atoms with E-state index in [-0.39, 0.29) is 50.6 Å². The summed E-state index contributed by atoms with van der Waals surface area (Å²) >= 11 is 0. The third kappa shape index (κ3) is 8.07. The number of hydrogen-bond donors (Lipinski definition) is 1. The van der Waals surface area contributed by atoms with Crippen LogP contribution >= 0.6 is 0 Å². The van der Waals surface area contributed by atoms with Crippen LogP contribution in [-0.2, 0) is 32.6 Å². The van der Waals surface area contributed by atoms with E-state index in [1.54, 1.807) is 23.1 Å². The van der Waals surface area contributed by atoms with Gasteiger partial charge in [0.25, 0.3) is 0 Å². The van der Waals surface area contributed by atoms with Crippen LogP contribution in [0.2, 0.25) is 0 Å². The van der Waals surface area contributed by atoms with Crippen molar-refractivity contribution in [1.82, 2.24) is 10.2 Å². The third-order valence-corrected chi connectivity index (χ3v) is 9.16. The monoisotopic (exact) mass is 605 g/mol. The molecule has 3 aromatic rings. The van der Waals surface area contributed by atoms with Gasteiger partial charge in [-0.25, -0.2) is 8.42 Å². The predicted octanol–water partition coefficient (Wildman–Crippen LogP) is 4.66. The second-order valence-corrected chi connectivity index (χ2v) is 13.1. The van der Waals surface area contributed by atoms with E-state index in [2.05, 4.69) is 5.32 Å².